The van der Waals surface area contributed by atoms with E-state index < -0.39 is 5.82 Å². The number of rotatable bonds is 3. The van der Waals surface area contributed by atoms with Gasteiger partial charge in [-0.2, -0.15) is 5.10 Å². The molecule has 0 bridgehead atoms. The lowest BCUT2D eigenvalue weighted by molar-refractivity contribution is -0.116. The van der Waals surface area contributed by atoms with Crippen LogP contribution in [0.1, 0.15) is 0 Å². The first-order valence-corrected chi connectivity index (χ1v) is 6.14. The van der Waals surface area contributed by atoms with Gasteiger partial charge >= 0.3 is 0 Å². The van der Waals surface area contributed by atoms with Crippen molar-refractivity contribution in [3.63, 3.8) is 0 Å². The van der Waals surface area contributed by atoms with Gasteiger partial charge in [-0.3, -0.25) is 9.48 Å². The third-order valence-electron chi connectivity index (χ3n) is 2.11. The number of benzene rings is 1. The highest BCUT2D eigenvalue weighted by molar-refractivity contribution is 9.10. The molecule has 0 radical (unpaired) electrons. The molecule has 1 heterocycles. The molecule has 0 fully saturated rings. The standard InChI is InChI=1S/C11H8BrClFN3O/c12-7-4-15-17(5-7)6-11(18)16-8-1-2-10(14)9(13)3-8/h1-5H,6H2,(H,16,18). The molecule has 1 amide bonds. The zero-order valence-corrected chi connectivity index (χ0v) is 11.4. The van der Waals surface area contributed by atoms with Gasteiger partial charge in [-0.05, 0) is 34.1 Å². The number of anilines is 1. The van der Waals surface area contributed by atoms with E-state index in [4.69, 9.17) is 11.6 Å². The summed E-state index contributed by atoms with van der Waals surface area (Å²) in [6.07, 6.45) is 3.26. The van der Waals surface area contributed by atoms with Crippen molar-refractivity contribution in [3.8, 4) is 0 Å². The minimum Gasteiger partial charge on any atom is -0.324 e. The Hall–Kier alpha value is -1.40. The molecule has 2 rings (SSSR count). The third-order valence-corrected chi connectivity index (χ3v) is 2.81. The Bertz CT molecular complexity index is 587. The van der Waals surface area contributed by atoms with Crippen LogP contribution in [0.4, 0.5) is 10.1 Å². The van der Waals surface area contributed by atoms with E-state index in [1.54, 1.807) is 12.4 Å². The summed E-state index contributed by atoms with van der Waals surface area (Å²) in [6.45, 7) is 0.0700. The molecule has 1 aromatic heterocycles. The molecule has 0 atom stereocenters. The van der Waals surface area contributed by atoms with Crippen molar-refractivity contribution >= 4 is 39.1 Å². The average molecular weight is 333 g/mol. The van der Waals surface area contributed by atoms with E-state index in [-0.39, 0.29) is 17.5 Å². The number of nitrogens with zero attached hydrogens (tertiary/aromatic N) is 2. The topological polar surface area (TPSA) is 46.9 Å². The second-order valence-corrected chi connectivity index (χ2v) is 4.86. The van der Waals surface area contributed by atoms with Gasteiger partial charge < -0.3 is 5.32 Å². The summed E-state index contributed by atoms with van der Waals surface area (Å²) in [5, 5.41) is 6.52. The molecule has 94 valence electrons. The number of carbonyl (C=O) groups excluding carboxylic acids is 1. The monoisotopic (exact) mass is 331 g/mol. The number of amides is 1. The fraction of sp³-hybridized carbons (Fsp3) is 0.0909. The number of aromatic nitrogens is 2. The Morgan fingerprint density at radius 2 is 2.33 bits per heavy atom. The van der Waals surface area contributed by atoms with E-state index in [0.29, 0.717) is 5.69 Å². The number of nitrogens with one attached hydrogen (secondary N) is 1. The second-order valence-electron chi connectivity index (χ2n) is 3.53. The summed E-state index contributed by atoms with van der Waals surface area (Å²) in [5.74, 6) is -0.793. The van der Waals surface area contributed by atoms with Crippen molar-refractivity contribution < 1.29 is 9.18 Å². The number of halogens is 3. The summed E-state index contributed by atoms with van der Waals surface area (Å²) in [5.41, 5.74) is 0.442. The van der Waals surface area contributed by atoms with Gasteiger partial charge in [0.25, 0.3) is 0 Å². The molecular weight excluding hydrogens is 324 g/mol. The van der Waals surface area contributed by atoms with E-state index in [1.165, 1.54) is 22.9 Å². The van der Waals surface area contributed by atoms with Gasteiger partial charge in [-0.25, -0.2) is 4.39 Å². The van der Waals surface area contributed by atoms with Crippen molar-refractivity contribution in [1.29, 1.82) is 0 Å². The van der Waals surface area contributed by atoms with Crippen molar-refractivity contribution in [2.45, 2.75) is 6.54 Å². The first-order valence-electron chi connectivity index (χ1n) is 4.97. The van der Waals surface area contributed by atoms with Gasteiger partial charge in [-0.1, -0.05) is 11.6 Å². The van der Waals surface area contributed by atoms with Crippen LogP contribution in [0.5, 0.6) is 0 Å². The Morgan fingerprint density at radius 3 is 2.94 bits per heavy atom. The summed E-state index contributed by atoms with van der Waals surface area (Å²) in [7, 11) is 0. The smallest absolute Gasteiger partial charge is 0.246 e. The fourth-order valence-corrected chi connectivity index (χ4v) is 1.85. The molecular formula is C11H8BrClFN3O. The molecule has 0 aliphatic heterocycles. The highest BCUT2D eigenvalue weighted by Crippen LogP contribution is 2.19. The van der Waals surface area contributed by atoms with Crippen LogP contribution < -0.4 is 5.32 Å². The number of carbonyl (C=O) groups is 1. The largest absolute Gasteiger partial charge is 0.324 e. The van der Waals surface area contributed by atoms with Crippen molar-refractivity contribution in [2.75, 3.05) is 5.32 Å². The third kappa shape index (κ3) is 3.30. The molecule has 0 aliphatic carbocycles. The quantitative estimate of drug-likeness (QED) is 0.939. The van der Waals surface area contributed by atoms with Gasteiger partial charge in [0.15, 0.2) is 0 Å². The van der Waals surface area contributed by atoms with E-state index >= 15 is 0 Å². The maximum Gasteiger partial charge on any atom is 0.246 e. The summed E-state index contributed by atoms with van der Waals surface area (Å²) >= 11 is 8.84. The van der Waals surface area contributed by atoms with Crippen LogP contribution in [0.2, 0.25) is 5.02 Å². The van der Waals surface area contributed by atoms with Crippen LogP contribution in [-0.2, 0) is 11.3 Å². The molecule has 0 saturated carbocycles. The molecule has 4 nitrogen and oxygen atoms in total. The van der Waals surface area contributed by atoms with E-state index in [1.807, 2.05) is 0 Å². The lowest BCUT2D eigenvalue weighted by Crippen LogP contribution is -2.18. The first kappa shape index (κ1) is 13.0. The van der Waals surface area contributed by atoms with Crippen LogP contribution in [0, 0.1) is 5.82 Å². The highest BCUT2D eigenvalue weighted by Gasteiger charge is 2.06. The van der Waals surface area contributed by atoms with E-state index in [0.717, 1.165) is 4.47 Å². The zero-order valence-electron chi connectivity index (χ0n) is 9.03. The molecule has 2 aromatic rings. The minimum absolute atomic E-state index is 0.0327. The van der Waals surface area contributed by atoms with Gasteiger partial charge in [0, 0.05) is 11.9 Å². The van der Waals surface area contributed by atoms with Crippen LogP contribution in [0.3, 0.4) is 0 Å². The van der Waals surface area contributed by atoms with Crippen LogP contribution in [0.15, 0.2) is 35.1 Å². The Morgan fingerprint density at radius 1 is 1.56 bits per heavy atom. The number of hydrogen-bond donors (Lipinski definition) is 1. The Labute approximate surface area is 116 Å². The molecule has 18 heavy (non-hydrogen) atoms. The predicted molar refractivity (Wildman–Crippen MR) is 70.0 cm³/mol. The van der Waals surface area contributed by atoms with Crippen molar-refractivity contribution in [1.82, 2.24) is 9.78 Å². The minimum atomic E-state index is -0.523. The number of hydrogen-bond acceptors (Lipinski definition) is 2. The summed E-state index contributed by atoms with van der Waals surface area (Å²) in [4.78, 5) is 11.7. The maximum atomic E-state index is 12.9. The van der Waals surface area contributed by atoms with Gasteiger partial charge in [0.2, 0.25) is 5.91 Å². The molecule has 0 spiro atoms. The fourth-order valence-electron chi connectivity index (χ4n) is 1.35. The summed E-state index contributed by atoms with van der Waals surface area (Å²) in [6, 6.07) is 3.99. The molecule has 0 aliphatic rings. The second kappa shape index (κ2) is 5.49. The van der Waals surface area contributed by atoms with E-state index in [9.17, 15) is 9.18 Å². The molecule has 0 saturated heterocycles. The Kier molecular flexibility index (Phi) is 3.98. The Balaban J connectivity index is 2.00. The van der Waals surface area contributed by atoms with Crippen LogP contribution in [0.25, 0.3) is 0 Å². The van der Waals surface area contributed by atoms with Crippen LogP contribution >= 0.6 is 27.5 Å². The molecule has 7 heteroatoms. The maximum absolute atomic E-state index is 12.9. The zero-order chi connectivity index (χ0) is 13.1. The normalized spacial score (nSPS) is 10.4. The predicted octanol–water partition coefficient (Wildman–Crippen LogP) is 3.08. The highest BCUT2D eigenvalue weighted by atomic mass is 79.9. The van der Waals surface area contributed by atoms with Crippen molar-refractivity contribution in [3.05, 3.63) is 45.9 Å². The van der Waals surface area contributed by atoms with Crippen molar-refractivity contribution in [2.24, 2.45) is 0 Å². The SMILES string of the molecule is O=C(Cn1cc(Br)cn1)Nc1ccc(F)c(Cl)c1. The van der Waals surface area contributed by atoms with Gasteiger partial charge in [0.1, 0.15) is 12.4 Å². The first-order chi connectivity index (χ1) is 8.54. The summed E-state index contributed by atoms with van der Waals surface area (Å²) < 4.78 is 15.2. The molecule has 0 unspecified atom stereocenters. The van der Waals surface area contributed by atoms with Gasteiger partial charge in [0.05, 0.1) is 15.7 Å². The van der Waals surface area contributed by atoms with Gasteiger partial charge in [-0.15, -0.1) is 0 Å². The molecule has 1 aromatic carbocycles. The lowest BCUT2D eigenvalue weighted by Gasteiger charge is -2.06. The lowest BCUT2D eigenvalue weighted by atomic mass is 10.3. The van der Waals surface area contributed by atoms with E-state index in [2.05, 4.69) is 26.3 Å². The van der Waals surface area contributed by atoms with Crippen LogP contribution in [-0.4, -0.2) is 15.7 Å². The average Bonchev–Trinajstić information content (AvgIpc) is 2.69. The molecule has 1 N–H and O–H groups in total.